The molecule has 2 aromatic carbocycles. The lowest BCUT2D eigenvalue weighted by atomic mass is 9.92. The molecular formula is C33H47FN2O8S2. The summed E-state index contributed by atoms with van der Waals surface area (Å²) in [5.74, 6) is -1.34. The number of halogens is 1. The number of aliphatic carboxylic acids is 1. The summed E-state index contributed by atoms with van der Waals surface area (Å²) >= 11 is 0. The first-order valence-electron chi connectivity index (χ1n) is 16.1. The SMILES string of the molecule is CCCCCCCCCCCCOS(=O)(=O)O.O=C(O)CCn1c2c(c3ccccc31)C[C@H](NS(=O)(=O)c1ccc(F)cc1)CC2. The van der Waals surface area contributed by atoms with Crippen LogP contribution in [0.15, 0.2) is 53.4 Å². The molecule has 1 heterocycles. The van der Waals surface area contributed by atoms with Gasteiger partial charge in [0.25, 0.3) is 0 Å². The molecule has 0 radical (unpaired) electrons. The summed E-state index contributed by atoms with van der Waals surface area (Å²) in [4.78, 5) is 11.1. The van der Waals surface area contributed by atoms with Gasteiger partial charge in [-0.2, -0.15) is 8.42 Å². The van der Waals surface area contributed by atoms with Gasteiger partial charge < -0.3 is 9.67 Å². The Bertz CT molecular complexity index is 1610. The lowest BCUT2D eigenvalue weighted by molar-refractivity contribution is -0.137. The molecule has 0 saturated heterocycles. The van der Waals surface area contributed by atoms with Gasteiger partial charge in [-0.15, -0.1) is 0 Å². The highest BCUT2D eigenvalue weighted by atomic mass is 32.3. The Morgan fingerprint density at radius 1 is 0.935 bits per heavy atom. The molecule has 4 rings (SSSR count). The Kier molecular flexibility index (Phi) is 15.1. The van der Waals surface area contributed by atoms with E-state index in [1.165, 1.54) is 57.1 Å². The molecule has 3 N–H and O–H groups in total. The van der Waals surface area contributed by atoms with Crippen molar-refractivity contribution in [2.24, 2.45) is 0 Å². The van der Waals surface area contributed by atoms with Gasteiger partial charge in [0.2, 0.25) is 10.0 Å². The van der Waals surface area contributed by atoms with Gasteiger partial charge in [-0.05, 0) is 61.6 Å². The second-order valence-electron chi connectivity index (χ2n) is 11.7. The highest BCUT2D eigenvalue weighted by Crippen LogP contribution is 2.33. The lowest BCUT2D eigenvalue weighted by Crippen LogP contribution is -2.39. The maximum Gasteiger partial charge on any atom is 0.397 e. The maximum absolute atomic E-state index is 13.1. The molecule has 10 nitrogen and oxygen atoms in total. The van der Waals surface area contributed by atoms with Crippen LogP contribution >= 0.6 is 0 Å². The fourth-order valence-corrected chi connectivity index (χ4v) is 7.42. The van der Waals surface area contributed by atoms with Crippen molar-refractivity contribution in [3.05, 3.63) is 65.6 Å². The van der Waals surface area contributed by atoms with Crippen LogP contribution in [0.1, 0.15) is 95.2 Å². The van der Waals surface area contributed by atoms with Crippen LogP contribution in [0.25, 0.3) is 10.9 Å². The highest BCUT2D eigenvalue weighted by Gasteiger charge is 2.28. The molecule has 0 unspecified atom stereocenters. The lowest BCUT2D eigenvalue weighted by Gasteiger charge is -2.25. The normalized spacial score (nSPS) is 14.9. The number of fused-ring (bicyclic) bond motifs is 3. The molecule has 256 valence electrons. The minimum atomic E-state index is -4.23. The smallest absolute Gasteiger partial charge is 0.397 e. The number of carbonyl (C=O) groups is 1. The number of aromatic nitrogens is 1. The minimum absolute atomic E-state index is 0.0335. The van der Waals surface area contributed by atoms with Crippen molar-refractivity contribution in [1.82, 2.24) is 9.29 Å². The van der Waals surface area contributed by atoms with Crippen LogP contribution in [0.3, 0.4) is 0 Å². The van der Waals surface area contributed by atoms with Crippen molar-refractivity contribution in [2.45, 2.75) is 114 Å². The Labute approximate surface area is 272 Å². The van der Waals surface area contributed by atoms with E-state index >= 15 is 0 Å². The van der Waals surface area contributed by atoms with E-state index in [9.17, 15) is 26.0 Å². The van der Waals surface area contributed by atoms with E-state index in [4.69, 9.17) is 9.66 Å². The molecule has 1 aliphatic carbocycles. The second-order valence-corrected chi connectivity index (χ2v) is 14.5. The quantitative estimate of drug-likeness (QED) is 0.0977. The largest absolute Gasteiger partial charge is 0.481 e. The van der Waals surface area contributed by atoms with Gasteiger partial charge in [-0.1, -0.05) is 82.9 Å². The topological polar surface area (TPSA) is 152 Å². The third-order valence-electron chi connectivity index (χ3n) is 8.10. The Morgan fingerprint density at radius 2 is 1.54 bits per heavy atom. The molecule has 0 bridgehead atoms. The molecule has 0 amide bonds. The number of benzene rings is 2. The molecule has 1 aromatic heterocycles. The number of sulfonamides is 1. The summed E-state index contributed by atoms with van der Waals surface area (Å²) in [6.45, 7) is 2.70. The molecule has 1 atom stereocenters. The molecule has 13 heteroatoms. The van der Waals surface area contributed by atoms with Crippen LogP contribution in [0, 0.1) is 5.82 Å². The van der Waals surface area contributed by atoms with Gasteiger partial charge in [0.05, 0.1) is 17.9 Å². The predicted octanol–water partition coefficient (Wildman–Crippen LogP) is 6.82. The van der Waals surface area contributed by atoms with Crippen molar-refractivity contribution in [3.63, 3.8) is 0 Å². The number of carboxylic acid groups (broad SMARTS) is 1. The van der Waals surface area contributed by atoms with Crippen LogP contribution in [0.2, 0.25) is 0 Å². The van der Waals surface area contributed by atoms with E-state index in [1.54, 1.807) is 0 Å². The number of nitrogens with zero attached hydrogens (tertiary/aromatic N) is 1. The van der Waals surface area contributed by atoms with Crippen molar-refractivity contribution >= 4 is 37.3 Å². The van der Waals surface area contributed by atoms with E-state index in [1.807, 2.05) is 28.8 Å². The number of rotatable bonds is 18. The van der Waals surface area contributed by atoms with E-state index < -0.39 is 32.2 Å². The first-order chi connectivity index (χ1) is 21.9. The van der Waals surface area contributed by atoms with E-state index in [0.717, 1.165) is 47.1 Å². The van der Waals surface area contributed by atoms with E-state index in [2.05, 4.69) is 15.8 Å². The third-order valence-corrected chi connectivity index (χ3v) is 10.1. The van der Waals surface area contributed by atoms with E-state index in [-0.39, 0.29) is 24.0 Å². The monoisotopic (exact) mass is 682 g/mol. The summed E-state index contributed by atoms with van der Waals surface area (Å²) in [7, 11) is -7.98. The minimum Gasteiger partial charge on any atom is -0.481 e. The number of unbranched alkanes of at least 4 members (excludes halogenated alkanes) is 9. The number of hydrogen-bond acceptors (Lipinski definition) is 6. The maximum atomic E-state index is 13.1. The summed E-state index contributed by atoms with van der Waals surface area (Å²) in [6, 6.07) is 12.3. The Hall–Kier alpha value is -2.84. The molecule has 3 aromatic rings. The van der Waals surface area contributed by atoms with Crippen LogP contribution in [-0.4, -0.2) is 49.7 Å². The van der Waals surface area contributed by atoms with Gasteiger partial charge in [-0.25, -0.2) is 21.7 Å². The fraction of sp³-hybridized carbons (Fsp3) is 0.545. The summed E-state index contributed by atoms with van der Waals surface area (Å²) in [5, 5.41) is 10.1. The summed E-state index contributed by atoms with van der Waals surface area (Å²) < 4.78 is 76.2. The van der Waals surface area contributed by atoms with Gasteiger partial charge in [0, 0.05) is 29.2 Å². The van der Waals surface area contributed by atoms with Crippen molar-refractivity contribution < 1.29 is 39.9 Å². The van der Waals surface area contributed by atoms with Crippen molar-refractivity contribution in [2.75, 3.05) is 6.61 Å². The Balaban J connectivity index is 0.000000292. The first kappa shape index (κ1) is 37.6. The second kappa shape index (κ2) is 18.5. The number of carboxylic acids is 1. The molecule has 1 aliphatic rings. The number of nitrogens with one attached hydrogen (secondary N) is 1. The van der Waals surface area contributed by atoms with Crippen LogP contribution in [0.5, 0.6) is 0 Å². The number of para-hydroxylation sites is 1. The van der Waals surface area contributed by atoms with Crippen LogP contribution < -0.4 is 4.72 Å². The molecule has 0 saturated carbocycles. The van der Waals surface area contributed by atoms with Gasteiger partial charge in [0.15, 0.2) is 0 Å². The zero-order chi connectivity index (χ0) is 33.6. The standard InChI is InChI=1S/C21H21FN2O4S.C12H26O4S/c22-14-5-8-16(9-6-14)29(27,28)23-15-7-10-20-18(13-15)17-3-1-2-4-19(17)24(20)12-11-21(25)26;1-2-3-4-5-6-7-8-9-10-11-12-16-17(13,14)15/h1-6,8-9,15,23H,7,10-13H2,(H,25,26);2-12H2,1H3,(H,13,14,15)/t15-;/m1./s1. The third kappa shape index (κ3) is 12.4. The molecule has 0 aliphatic heterocycles. The summed E-state index contributed by atoms with van der Waals surface area (Å²) in [6.07, 6.45) is 13.7. The van der Waals surface area contributed by atoms with Crippen LogP contribution in [-0.2, 0) is 48.8 Å². The molecule has 0 fully saturated rings. The van der Waals surface area contributed by atoms with Gasteiger partial charge in [0.1, 0.15) is 5.82 Å². The average molecular weight is 683 g/mol. The zero-order valence-electron chi connectivity index (χ0n) is 26.5. The molecular weight excluding hydrogens is 636 g/mol. The number of hydrogen-bond donors (Lipinski definition) is 3. The number of aryl methyl sites for hydroxylation is 1. The molecule has 0 spiro atoms. The first-order valence-corrected chi connectivity index (χ1v) is 19.0. The van der Waals surface area contributed by atoms with Gasteiger partial charge in [-0.3, -0.25) is 9.35 Å². The highest BCUT2D eigenvalue weighted by molar-refractivity contribution is 7.89. The fourth-order valence-electron chi connectivity index (χ4n) is 5.82. The summed E-state index contributed by atoms with van der Waals surface area (Å²) in [5.41, 5.74) is 3.11. The van der Waals surface area contributed by atoms with Crippen molar-refractivity contribution in [1.29, 1.82) is 0 Å². The zero-order valence-corrected chi connectivity index (χ0v) is 28.1. The van der Waals surface area contributed by atoms with Crippen molar-refractivity contribution in [3.8, 4) is 0 Å². The van der Waals surface area contributed by atoms with Gasteiger partial charge >= 0.3 is 16.4 Å². The Morgan fingerprint density at radius 3 is 2.15 bits per heavy atom. The molecule has 46 heavy (non-hydrogen) atoms. The predicted molar refractivity (Wildman–Crippen MR) is 176 cm³/mol. The average Bonchev–Trinajstić information content (AvgIpc) is 3.31. The van der Waals surface area contributed by atoms with E-state index in [0.29, 0.717) is 32.2 Å². The van der Waals surface area contributed by atoms with Crippen LogP contribution in [0.4, 0.5) is 4.39 Å².